The minimum Gasteiger partial charge on any atom is -0.508 e. The molecule has 0 spiro atoms. The third kappa shape index (κ3) is 3.67. The van der Waals surface area contributed by atoms with Crippen LogP contribution in [0.5, 0.6) is 5.75 Å². The Morgan fingerprint density at radius 1 is 1.25 bits per heavy atom. The van der Waals surface area contributed by atoms with Gasteiger partial charge in [0.25, 0.3) is 5.91 Å². The molecule has 3 aromatic rings. The Morgan fingerprint density at radius 2 is 2.04 bits per heavy atom. The first-order chi connectivity index (χ1) is 11.5. The van der Waals surface area contributed by atoms with E-state index in [1.165, 1.54) is 11.3 Å². The lowest BCUT2D eigenvalue weighted by atomic mass is 10.2. The molecular formula is C17H14ClN3O2S. The van der Waals surface area contributed by atoms with Gasteiger partial charge in [0.2, 0.25) is 0 Å². The average molecular weight is 360 g/mol. The van der Waals surface area contributed by atoms with Crippen molar-refractivity contribution in [2.45, 2.75) is 6.92 Å². The number of benzene rings is 2. The number of nitrogens with zero attached hydrogens (tertiary/aromatic N) is 1. The minimum atomic E-state index is -0.327. The van der Waals surface area contributed by atoms with E-state index in [0.29, 0.717) is 27.2 Å². The first-order valence-corrected chi connectivity index (χ1v) is 8.37. The van der Waals surface area contributed by atoms with Crippen molar-refractivity contribution in [2.24, 2.45) is 0 Å². The second kappa shape index (κ2) is 6.90. The summed E-state index contributed by atoms with van der Waals surface area (Å²) in [4.78, 5) is 16.6. The molecule has 0 atom stereocenters. The number of hydrogen-bond acceptors (Lipinski definition) is 5. The number of phenols is 1. The van der Waals surface area contributed by atoms with Crippen molar-refractivity contribution in [3.63, 3.8) is 0 Å². The molecule has 5 nitrogen and oxygen atoms in total. The van der Waals surface area contributed by atoms with Gasteiger partial charge in [0.05, 0.1) is 10.7 Å². The van der Waals surface area contributed by atoms with Crippen LogP contribution in [-0.4, -0.2) is 16.0 Å². The molecule has 1 amide bonds. The molecule has 7 heteroatoms. The van der Waals surface area contributed by atoms with Gasteiger partial charge in [-0.25, -0.2) is 4.98 Å². The number of nitrogens with one attached hydrogen (secondary N) is 2. The second-order valence-corrected chi connectivity index (χ2v) is 6.36. The van der Waals surface area contributed by atoms with E-state index in [1.807, 2.05) is 19.1 Å². The number of thiazole rings is 1. The van der Waals surface area contributed by atoms with E-state index >= 15 is 0 Å². The van der Waals surface area contributed by atoms with Gasteiger partial charge in [0.1, 0.15) is 11.4 Å². The molecule has 0 bridgehead atoms. The average Bonchev–Trinajstić information content (AvgIpc) is 2.99. The number of halogens is 1. The van der Waals surface area contributed by atoms with Crippen LogP contribution in [-0.2, 0) is 0 Å². The van der Waals surface area contributed by atoms with Crippen molar-refractivity contribution in [1.29, 1.82) is 0 Å². The number of anilines is 3. The van der Waals surface area contributed by atoms with Gasteiger partial charge in [-0.15, -0.1) is 11.3 Å². The van der Waals surface area contributed by atoms with Crippen molar-refractivity contribution >= 4 is 45.4 Å². The van der Waals surface area contributed by atoms with Crippen LogP contribution < -0.4 is 10.6 Å². The third-order valence-electron chi connectivity index (χ3n) is 3.29. The largest absolute Gasteiger partial charge is 0.508 e. The Morgan fingerprint density at radius 3 is 2.79 bits per heavy atom. The fourth-order valence-electron chi connectivity index (χ4n) is 2.11. The first kappa shape index (κ1) is 16.3. The number of aromatic nitrogens is 1. The minimum absolute atomic E-state index is 0.156. The van der Waals surface area contributed by atoms with E-state index < -0.39 is 0 Å². The summed E-state index contributed by atoms with van der Waals surface area (Å²) in [6, 6.07) is 12.1. The van der Waals surface area contributed by atoms with E-state index in [9.17, 15) is 9.90 Å². The Balaban J connectivity index is 1.74. The predicted molar refractivity (Wildman–Crippen MR) is 97.6 cm³/mol. The first-order valence-electron chi connectivity index (χ1n) is 7.11. The normalized spacial score (nSPS) is 10.4. The highest BCUT2D eigenvalue weighted by Crippen LogP contribution is 2.27. The van der Waals surface area contributed by atoms with Crippen LogP contribution in [0.1, 0.15) is 16.1 Å². The summed E-state index contributed by atoms with van der Waals surface area (Å²) in [7, 11) is 0. The Bertz CT molecular complexity index is 875. The monoisotopic (exact) mass is 359 g/mol. The number of rotatable bonds is 4. The molecule has 1 aromatic heterocycles. The number of hydrogen-bond donors (Lipinski definition) is 3. The number of para-hydroxylation sites is 1. The van der Waals surface area contributed by atoms with Crippen molar-refractivity contribution in [3.05, 3.63) is 64.1 Å². The molecule has 0 aliphatic rings. The van der Waals surface area contributed by atoms with Crippen LogP contribution in [0.2, 0.25) is 5.02 Å². The molecule has 0 unspecified atom stereocenters. The van der Waals surface area contributed by atoms with Crippen molar-refractivity contribution in [2.75, 3.05) is 10.6 Å². The Kier molecular flexibility index (Phi) is 4.69. The highest BCUT2D eigenvalue weighted by molar-refractivity contribution is 7.14. The highest BCUT2D eigenvalue weighted by Gasteiger charge is 2.14. The summed E-state index contributed by atoms with van der Waals surface area (Å²) in [5.41, 5.74) is 2.45. The maximum absolute atomic E-state index is 12.3. The van der Waals surface area contributed by atoms with Gasteiger partial charge in [0.15, 0.2) is 5.13 Å². The zero-order valence-corrected chi connectivity index (χ0v) is 14.3. The summed E-state index contributed by atoms with van der Waals surface area (Å²) in [6.07, 6.45) is 0. The van der Waals surface area contributed by atoms with E-state index in [4.69, 9.17) is 11.6 Å². The second-order valence-electron chi connectivity index (χ2n) is 5.10. The topological polar surface area (TPSA) is 74.2 Å². The highest BCUT2D eigenvalue weighted by atomic mass is 35.5. The van der Waals surface area contributed by atoms with Crippen LogP contribution in [0.25, 0.3) is 0 Å². The van der Waals surface area contributed by atoms with Gasteiger partial charge in [0, 0.05) is 17.1 Å². The zero-order valence-electron chi connectivity index (χ0n) is 12.7. The molecular weight excluding hydrogens is 346 g/mol. The molecule has 0 aliphatic heterocycles. The van der Waals surface area contributed by atoms with Gasteiger partial charge in [-0.05, 0) is 30.7 Å². The summed E-state index contributed by atoms with van der Waals surface area (Å²) >= 11 is 7.42. The van der Waals surface area contributed by atoms with Crippen LogP contribution in [0.3, 0.4) is 0 Å². The Hall–Kier alpha value is -2.57. The number of phenolic OH excluding ortho intramolecular Hbond substituents is 1. The molecule has 0 aliphatic carbocycles. The molecule has 0 radical (unpaired) electrons. The number of aromatic hydroxyl groups is 1. The van der Waals surface area contributed by atoms with E-state index in [1.54, 1.807) is 35.7 Å². The lowest BCUT2D eigenvalue weighted by molar-refractivity contribution is 0.102. The lowest BCUT2D eigenvalue weighted by Crippen LogP contribution is -2.13. The molecule has 3 N–H and O–H groups in total. The molecule has 1 heterocycles. The molecule has 122 valence electrons. The smallest absolute Gasteiger partial charge is 0.275 e. The predicted octanol–water partition coefficient (Wildman–Crippen LogP) is 4.81. The number of carbonyl (C=O) groups is 1. The van der Waals surface area contributed by atoms with Gasteiger partial charge in [-0.2, -0.15) is 0 Å². The van der Waals surface area contributed by atoms with Crippen molar-refractivity contribution < 1.29 is 9.90 Å². The molecule has 3 rings (SSSR count). The summed E-state index contributed by atoms with van der Waals surface area (Å²) in [5, 5.41) is 18.0. The number of aryl methyl sites for hydroxylation is 1. The SMILES string of the molecule is Cc1cccc(Cl)c1NC(=O)c1csc(Nc2cccc(O)c2)n1. The lowest BCUT2D eigenvalue weighted by Gasteiger charge is -2.08. The van der Waals surface area contributed by atoms with Crippen molar-refractivity contribution in [3.8, 4) is 5.75 Å². The van der Waals surface area contributed by atoms with Crippen LogP contribution in [0.15, 0.2) is 47.8 Å². The summed E-state index contributed by atoms with van der Waals surface area (Å²) in [5.74, 6) is -0.171. The third-order valence-corrected chi connectivity index (χ3v) is 4.37. The maximum Gasteiger partial charge on any atom is 0.275 e. The Labute approximate surface area is 147 Å². The quantitative estimate of drug-likeness (QED) is 0.625. The number of amides is 1. The fraction of sp³-hybridized carbons (Fsp3) is 0.0588. The van der Waals surface area contributed by atoms with Crippen LogP contribution in [0.4, 0.5) is 16.5 Å². The zero-order chi connectivity index (χ0) is 17.1. The van der Waals surface area contributed by atoms with E-state index in [0.717, 1.165) is 5.56 Å². The van der Waals surface area contributed by atoms with Gasteiger partial charge in [-0.1, -0.05) is 29.8 Å². The molecule has 24 heavy (non-hydrogen) atoms. The standard InChI is InChI=1S/C17H14ClN3O2S/c1-10-4-2-7-13(18)15(10)21-16(23)14-9-24-17(20-14)19-11-5-3-6-12(22)8-11/h2-9,22H,1H3,(H,19,20)(H,21,23). The van der Waals surface area contributed by atoms with Gasteiger partial charge in [-0.3, -0.25) is 4.79 Å². The van der Waals surface area contributed by atoms with Gasteiger partial charge < -0.3 is 15.7 Å². The van der Waals surface area contributed by atoms with Crippen LogP contribution >= 0.6 is 22.9 Å². The van der Waals surface area contributed by atoms with E-state index in [-0.39, 0.29) is 11.7 Å². The maximum atomic E-state index is 12.3. The van der Waals surface area contributed by atoms with Crippen molar-refractivity contribution in [1.82, 2.24) is 4.98 Å². The van der Waals surface area contributed by atoms with Gasteiger partial charge >= 0.3 is 0 Å². The van der Waals surface area contributed by atoms with Crippen LogP contribution in [0, 0.1) is 6.92 Å². The summed E-state index contributed by atoms with van der Waals surface area (Å²) < 4.78 is 0. The molecule has 2 aromatic carbocycles. The molecule has 0 fully saturated rings. The summed E-state index contributed by atoms with van der Waals surface area (Å²) in [6.45, 7) is 1.87. The fourth-order valence-corrected chi connectivity index (χ4v) is 3.09. The molecule has 0 saturated heterocycles. The molecule has 0 saturated carbocycles. The number of carbonyl (C=O) groups excluding carboxylic acids is 1. The van der Waals surface area contributed by atoms with E-state index in [2.05, 4.69) is 15.6 Å².